The summed E-state index contributed by atoms with van der Waals surface area (Å²) in [5.41, 5.74) is -0.0786. The van der Waals surface area contributed by atoms with Gasteiger partial charge in [-0.2, -0.15) is 0 Å². The zero-order valence-corrected chi connectivity index (χ0v) is 12.6. The zero-order chi connectivity index (χ0) is 16.8. The third-order valence-corrected chi connectivity index (χ3v) is 2.32. The molecule has 0 saturated carbocycles. The number of carbonyl (C=O) groups is 2. The van der Waals surface area contributed by atoms with Crippen molar-refractivity contribution in [1.29, 1.82) is 0 Å². The minimum Gasteiger partial charge on any atom is -0.460 e. The van der Waals surface area contributed by atoms with Gasteiger partial charge in [-0.3, -0.25) is 14.9 Å². The molecule has 0 aliphatic rings. The van der Waals surface area contributed by atoms with E-state index in [0.29, 0.717) is 5.56 Å². The second-order valence-corrected chi connectivity index (χ2v) is 5.44. The highest BCUT2D eigenvalue weighted by Crippen LogP contribution is 2.12. The first-order chi connectivity index (χ1) is 10.2. The first-order valence-corrected chi connectivity index (χ1v) is 6.53. The number of hydrogen-bond acceptors (Lipinski definition) is 6. The summed E-state index contributed by atoms with van der Waals surface area (Å²) in [5, 5.41) is 12.8. The van der Waals surface area contributed by atoms with E-state index in [1.54, 1.807) is 20.8 Å². The van der Waals surface area contributed by atoms with Crippen molar-refractivity contribution in [3.63, 3.8) is 0 Å². The van der Waals surface area contributed by atoms with Gasteiger partial charge in [0.15, 0.2) is 0 Å². The zero-order valence-electron chi connectivity index (χ0n) is 12.6. The van der Waals surface area contributed by atoms with Crippen molar-refractivity contribution in [3.8, 4) is 0 Å². The monoisotopic (exact) mass is 310 g/mol. The van der Waals surface area contributed by atoms with Gasteiger partial charge in [-0.15, -0.1) is 0 Å². The number of nitrogens with zero attached hydrogens (tertiary/aromatic N) is 1. The van der Waals surface area contributed by atoms with Gasteiger partial charge < -0.3 is 14.8 Å². The fraction of sp³-hybridized carbons (Fsp3) is 0.429. The maximum atomic E-state index is 11.5. The Hall–Kier alpha value is -2.64. The van der Waals surface area contributed by atoms with Gasteiger partial charge >= 0.3 is 12.1 Å². The lowest BCUT2D eigenvalue weighted by molar-refractivity contribution is -0.384. The number of nitro benzene ring substituents is 1. The van der Waals surface area contributed by atoms with E-state index in [-0.39, 0.29) is 18.8 Å². The molecule has 0 fully saturated rings. The van der Waals surface area contributed by atoms with Gasteiger partial charge in [-0.1, -0.05) is 0 Å². The Bertz CT molecular complexity index is 547. The molecule has 0 spiro atoms. The van der Waals surface area contributed by atoms with Crippen LogP contribution in [-0.4, -0.2) is 29.1 Å². The van der Waals surface area contributed by atoms with Crippen LogP contribution in [-0.2, 0) is 20.9 Å². The maximum absolute atomic E-state index is 11.5. The molecule has 8 nitrogen and oxygen atoms in total. The highest BCUT2D eigenvalue weighted by atomic mass is 16.6. The molecule has 0 heterocycles. The lowest BCUT2D eigenvalue weighted by atomic mass is 10.2. The van der Waals surface area contributed by atoms with E-state index >= 15 is 0 Å². The molecular formula is C14H18N2O6. The summed E-state index contributed by atoms with van der Waals surface area (Å²) in [6.07, 6.45) is -0.709. The molecule has 0 atom stereocenters. The Kier molecular flexibility index (Phi) is 5.85. The molecule has 0 aliphatic heterocycles. The molecule has 0 radical (unpaired) electrons. The number of nitrogens with one attached hydrogen (secondary N) is 1. The number of esters is 1. The lowest BCUT2D eigenvalue weighted by Crippen LogP contribution is -2.36. The summed E-state index contributed by atoms with van der Waals surface area (Å²) in [7, 11) is 0. The van der Waals surface area contributed by atoms with Crippen molar-refractivity contribution in [2.24, 2.45) is 0 Å². The van der Waals surface area contributed by atoms with E-state index in [9.17, 15) is 19.7 Å². The van der Waals surface area contributed by atoms with Crippen LogP contribution in [0.1, 0.15) is 26.3 Å². The van der Waals surface area contributed by atoms with E-state index < -0.39 is 22.6 Å². The minimum absolute atomic E-state index is 0.0349. The van der Waals surface area contributed by atoms with Gasteiger partial charge in [0.05, 0.1) is 4.92 Å². The molecule has 1 aromatic carbocycles. The third-order valence-electron chi connectivity index (χ3n) is 2.32. The van der Waals surface area contributed by atoms with E-state index in [1.807, 2.05) is 0 Å². The van der Waals surface area contributed by atoms with Crippen molar-refractivity contribution >= 4 is 17.7 Å². The van der Waals surface area contributed by atoms with Crippen LogP contribution in [0.3, 0.4) is 0 Å². The first kappa shape index (κ1) is 17.4. The van der Waals surface area contributed by atoms with Crippen molar-refractivity contribution in [3.05, 3.63) is 39.9 Å². The number of rotatable bonds is 5. The molecule has 120 valence electrons. The Morgan fingerprint density at radius 1 is 1.23 bits per heavy atom. The molecule has 0 aromatic heterocycles. The molecule has 1 amide bonds. The number of nitro groups is 1. The Balaban J connectivity index is 2.34. The van der Waals surface area contributed by atoms with Crippen LogP contribution in [0, 0.1) is 10.1 Å². The molecule has 22 heavy (non-hydrogen) atoms. The van der Waals surface area contributed by atoms with Gasteiger partial charge in [0.2, 0.25) is 0 Å². The smallest absolute Gasteiger partial charge is 0.408 e. The standard InChI is InChI=1S/C14H18N2O6/c1-14(2,3)22-13(18)15-8-12(17)21-9-10-4-6-11(7-5-10)16(19)20/h4-7H,8-9H2,1-3H3,(H,15,18). The number of benzene rings is 1. The number of carbonyl (C=O) groups excluding carboxylic acids is 2. The molecule has 0 bridgehead atoms. The number of ether oxygens (including phenoxy) is 2. The number of hydrogen-bond donors (Lipinski definition) is 1. The average molecular weight is 310 g/mol. The van der Waals surface area contributed by atoms with E-state index in [0.717, 1.165) is 0 Å². The fourth-order valence-corrected chi connectivity index (χ4v) is 1.39. The molecule has 1 rings (SSSR count). The van der Waals surface area contributed by atoms with Gasteiger partial charge in [0.25, 0.3) is 5.69 Å². The Morgan fingerprint density at radius 2 is 1.82 bits per heavy atom. The normalized spacial score (nSPS) is 10.7. The SMILES string of the molecule is CC(C)(C)OC(=O)NCC(=O)OCc1ccc([N+](=O)[O-])cc1. The predicted molar refractivity (Wildman–Crippen MR) is 77.1 cm³/mol. The lowest BCUT2D eigenvalue weighted by Gasteiger charge is -2.19. The predicted octanol–water partition coefficient (Wildman–Crippen LogP) is 2.16. The van der Waals surface area contributed by atoms with Crippen molar-refractivity contribution in [1.82, 2.24) is 5.32 Å². The van der Waals surface area contributed by atoms with Crippen LogP contribution >= 0.6 is 0 Å². The Morgan fingerprint density at radius 3 is 2.32 bits per heavy atom. The summed E-state index contributed by atoms with van der Waals surface area (Å²) in [5.74, 6) is -0.635. The van der Waals surface area contributed by atoms with Gasteiger partial charge in [-0.05, 0) is 38.5 Å². The second kappa shape index (κ2) is 7.39. The van der Waals surface area contributed by atoms with Crippen LogP contribution in [0.25, 0.3) is 0 Å². The van der Waals surface area contributed by atoms with Crippen LogP contribution < -0.4 is 5.32 Å². The first-order valence-electron chi connectivity index (χ1n) is 6.53. The van der Waals surface area contributed by atoms with Gasteiger partial charge in [-0.25, -0.2) is 4.79 Å². The largest absolute Gasteiger partial charge is 0.460 e. The molecule has 1 N–H and O–H groups in total. The van der Waals surface area contributed by atoms with Crippen molar-refractivity contribution in [2.75, 3.05) is 6.54 Å². The summed E-state index contributed by atoms with van der Waals surface area (Å²) >= 11 is 0. The summed E-state index contributed by atoms with van der Waals surface area (Å²) < 4.78 is 9.89. The average Bonchev–Trinajstić information content (AvgIpc) is 2.41. The fourth-order valence-electron chi connectivity index (χ4n) is 1.39. The van der Waals surface area contributed by atoms with E-state index in [2.05, 4.69) is 5.32 Å². The minimum atomic E-state index is -0.709. The molecule has 8 heteroatoms. The molecular weight excluding hydrogens is 292 g/mol. The number of non-ortho nitro benzene ring substituents is 1. The number of alkyl carbamates (subject to hydrolysis) is 1. The molecule has 0 aliphatic carbocycles. The van der Waals surface area contributed by atoms with Crippen LogP contribution in [0.2, 0.25) is 0 Å². The van der Waals surface area contributed by atoms with Crippen molar-refractivity contribution < 1.29 is 24.0 Å². The van der Waals surface area contributed by atoms with Crippen LogP contribution in [0.4, 0.5) is 10.5 Å². The highest BCUT2D eigenvalue weighted by molar-refractivity contribution is 5.78. The summed E-state index contributed by atoms with van der Waals surface area (Å²) in [6, 6.07) is 5.63. The number of amides is 1. The van der Waals surface area contributed by atoms with E-state index in [4.69, 9.17) is 9.47 Å². The molecule has 0 saturated heterocycles. The second-order valence-electron chi connectivity index (χ2n) is 5.44. The molecule has 0 unspecified atom stereocenters. The maximum Gasteiger partial charge on any atom is 0.408 e. The quantitative estimate of drug-likeness (QED) is 0.507. The van der Waals surface area contributed by atoms with Gasteiger partial charge in [0.1, 0.15) is 18.8 Å². The Labute approximate surface area is 127 Å². The van der Waals surface area contributed by atoms with Gasteiger partial charge in [0, 0.05) is 12.1 Å². The summed E-state index contributed by atoms with van der Waals surface area (Å²) in [6.45, 7) is 4.77. The summed E-state index contributed by atoms with van der Waals surface area (Å²) in [4.78, 5) is 32.8. The van der Waals surface area contributed by atoms with Crippen LogP contribution in [0.15, 0.2) is 24.3 Å². The highest BCUT2D eigenvalue weighted by Gasteiger charge is 2.16. The topological polar surface area (TPSA) is 108 Å². The van der Waals surface area contributed by atoms with Crippen LogP contribution in [0.5, 0.6) is 0 Å². The molecule has 1 aromatic rings. The van der Waals surface area contributed by atoms with E-state index in [1.165, 1.54) is 24.3 Å². The van der Waals surface area contributed by atoms with Crippen molar-refractivity contribution in [2.45, 2.75) is 33.0 Å². The third kappa shape index (κ3) is 6.69.